The van der Waals surface area contributed by atoms with Crippen LogP contribution in [0.5, 0.6) is 5.75 Å². The molecule has 0 aliphatic carbocycles. The molecule has 2 saturated heterocycles. The van der Waals surface area contributed by atoms with E-state index in [2.05, 4.69) is 5.32 Å². The van der Waals surface area contributed by atoms with Gasteiger partial charge in [-0.1, -0.05) is 48.0 Å². The highest BCUT2D eigenvalue weighted by Crippen LogP contribution is 2.58. The van der Waals surface area contributed by atoms with E-state index >= 15 is 0 Å². The van der Waals surface area contributed by atoms with Gasteiger partial charge in [0.2, 0.25) is 0 Å². The maximum atomic E-state index is 13.5. The highest BCUT2D eigenvalue weighted by molar-refractivity contribution is 6.32. The average Bonchev–Trinajstić information content (AvgIpc) is 3.52. The standard InChI is InChI=1S/C27H23ClFN3O4/c28-20-14-17(9-12-23(20)36-15-16-7-10-18(29)11-8-16)24-22-6-3-13-31(22)27(25(24)32(34)35)19-4-1-2-5-21(19)30-26(27)33/h1-2,4-5,7-12,14,22,24-25H,3,6,13,15H2,(H,30,33)/t22-,24-,25-,27+/m1/s1. The topological polar surface area (TPSA) is 84.7 Å². The second kappa shape index (κ2) is 8.57. The molecule has 6 rings (SSSR count). The lowest BCUT2D eigenvalue weighted by Crippen LogP contribution is -2.55. The molecule has 3 aromatic rings. The zero-order valence-corrected chi connectivity index (χ0v) is 20.0. The Kier molecular flexibility index (Phi) is 5.46. The van der Waals surface area contributed by atoms with Gasteiger partial charge in [0.25, 0.3) is 11.9 Å². The van der Waals surface area contributed by atoms with Crippen LogP contribution < -0.4 is 10.1 Å². The third-order valence-corrected chi connectivity index (χ3v) is 8.04. The number of halogens is 2. The molecule has 0 aromatic heterocycles. The van der Waals surface area contributed by atoms with Crippen molar-refractivity contribution in [3.8, 4) is 5.75 Å². The number of hydrogen-bond donors (Lipinski definition) is 1. The van der Waals surface area contributed by atoms with Crippen LogP contribution in [0.15, 0.2) is 66.7 Å². The summed E-state index contributed by atoms with van der Waals surface area (Å²) in [6, 6.07) is 17.1. The number of carbonyl (C=O) groups is 1. The zero-order valence-electron chi connectivity index (χ0n) is 19.2. The Balaban J connectivity index is 1.37. The molecule has 7 nitrogen and oxygen atoms in total. The molecule has 3 aliphatic heterocycles. The van der Waals surface area contributed by atoms with E-state index < -0.39 is 17.5 Å². The molecule has 184 valence electrons. The maximum absolute atomic E-state index is 13.5. The predicted octanol–water partition coefficient (Wildman–Crippen LogP) is 5.11. The van der Waals surface area contributed by atoms with Crippen LogP contribution in [-0.4, -0.2) is 34.4 Å². The molecule has 36 heavy (non-hydrogen) atoms. The van der Waals surface area contributed by atoms with Gasteiger partial charge in [-0.25, -0.2) is 4.39 Å². The summed E-state index contributed by atoms with van der Waals surface area (Å²) in [5, 5.41) is 15.9. The van der Waals surface area contributed by atoms with Crippen LogP contribution in [0.3, 0.4) is 0 Å². The molecular formula is C27H23ClFN3O4. The minimum atomic E-state index is -1.36. The average molecular weight is 508 g/mol. The Morgan fingerprint density at radius 2 is 1.94 bits per heavy atom. The molecule has 0 bridgehead atoms. The molecule has 9 heteroatoms. The molecule has 0 radical (unpaired) electrons. The summed E-state index contributed by atoms with van der Waals surface area (Å²) in [6.07, 6.45) is 1.61. The molecule has 1 amide bonds. The van der Waals surface area contributed by atoms with Crippen molar-refractivity contribution in [2.75, 3.05) is 11.9 Å². The van der Waals surface area contributed by atoms with E-state index in [4.69, 9.17) is 16.3 Å². The third-order valence-electron chi connectivity index (χ3n) is 7.74. The summed E-state index contributed by atoms with van der Waals surface area (Å²) in [7, 11) is 0. The van der Waals surface area contributed by atoms with Gasteiger partial charge in [0, 0.05) is 28.8 Å². The highest BCUT2D eigenvalue weighted by Gasteiger charge is 2.73. The summed E-state index contributed by atoms with van der Waals surface area (Å²) < 4.78 is 19.0. The van der Waals surface area contributed by atoms with Crippen LogP contribution in [0.4, 0.5) is 10.1 Å². The Labute approximate surface area is 212 Å². The molecule has 2 fully saturated rings. The first-order chi connectivity index (χ1) is 17.4. The van der Waals surface area contributed by atoms with Crippen LogP contribution in [0, 0.1) is 15.9 Å². The number of nitrogens with zero attached hydrogens (tertiary/aromatic N) is 2. The fourth-order valence-corrected chi connectivity index (χ4v) is 6.60. The van der Waals surface area contributed by atoms with Gasteiger partial charge in [-0.15, -0.1) is 0 Å². The Morgan fingerprint density at radius 3 is 2.69 bits per heavy atom. The number of benzene rings is 3. The number of carbonyl (C=O) groups excluding carboxylic acids is 1. The third kappa shape index (κ3) is 3.32. The van der Waals surface area contributed by atoms with Gasteiger partial charge >= 0.3 is 0 Å². The van der Waals surface area contributed by atoms with Crippen molar-refractivity contribution in [2.24, 2.45) is 0 Å². The number of ether oxygens (including phenoxy) is 1. The summed E-state index contributed by atoms with van der Waals surface area (Å²) in [4.78, 5) is 28.0. The van der Waals surface area contributed by atoms with E-state index in [9.17, 15) is 19.3 Å². The van der Waals surface area contributed by atoms with Crippen molar-refractivity contribution < 1.29 is 18.8 Å². The second-order valence-electron chi connectivity index (χ2n) is 9.53. The van der Waals surface area contributed by atoms with Gasteiger partial charge in [-0.05, 0) is 54.3 Å². The SMILES string of the molecule is O=C1Nc2ccccc2[C@]12[C@H]([N+](=O)[O-])[C@H](c1ccc(OCc3ccc(F)cc3)c(Cl)c1)[C@H]1CCCN12. The van der Waals surface area contributed by atoms with E-state index in [0.717, 1.165) is 18.4 Å². The lowest BCUT2D eigenvalue weighted by atomic mass is 9.77. The summed E-state index contributed by atoms with van der Waals surface area (Å²) in [6.45, 7) is 0.816. The van der Waals surface area contributed by atoms with Crippen molar-refractivity contribution in [1.29, 1.82) is 0 Å². The molecule has 3 aliphatic rings. The van der Waals surface area contributed by atoms with Crippen LogP contribution >= 0.6 is 11.6 Å². The van der Waals surface area contributed by atoms with E-state index in [1.165, 1.54) is 12.1 Å². The van der Waals surface area contributed by atoms with E-state index in [1.807, 2.05) is 23.1 Å². The number of fused-ring (bicyclic) bond motifs is 4. The van der Waals surface area contributed by atoms with Crippen molar-refractivity contribution >= 4 is 23.2 Å². The van der Waals surface area contributed by atoms with Crippen LogP contribution in [0.1, 0.15) is 35.4 Å². The highest BCUT2D eigenvalue weighted by atomic mass is 35.5. The molecule has 0 unspecified atom stereocenters. The summed E-state index contributed by atoms with van der Waals surface area (Å²) in [5.41, 5.74) is 1.42. The van der Waals surface area contributed by atoms with Gasteiger partial charge in [0.1, 0.15) is 18.2 Å². The predicted molar refractivity (Wildman–Crippen MR) is 132 cm³/mol. The first-order valence-corrected chi connectivity index (χ1v) is 12.3. The van der Waals surface area contributed by atoms with E-state index in [-0.39, 0.29) is 29.3 Å². The van der Waals surface area contributed by atoms with Gasteiger partial charge in [0.15, 0.2) is 5.54 Å². The molecule has 4 atom stereocenters. The zero-order chi connectivity index (χ0) is 25.0. The van der Waals surface area contributed by atoms with Crippen molar-refractivity contribution in [3.63, 3.8) is 0 Å². The Bertz CT molecular complexity index is 1370. The molecule has 3 heterocycles. The fraction of sp³-hybridized carbons (Fsp3) is 0.296. The van der Waals surface area contributed by atoms with Crippen molar-refractivity contribution in [1.82, 2.24) is 4.90 Å². The minimum Gasteiger partial charge on any atom is -0.487 e. The normalized spacial score (nSPS) is 26.6. The molecular weight excluding hydrogens is 485 g/mol. The number of amides is 1. The van der Waals surface area contributed by atoms with Crippen LogP contribution in [0.2, 0.25) is 5.02 Å². The van der Waals surface area contributed by atoms with E-state index in [0.29, 0.717) is 34.1 Å². The van der Waals surface area contributed by atoms with Gasteiger partial charge < -0.3 is 10.1 Å². The fourth-order valence-electron chi connectivity index (χ4n) is 6.36. The number of para-hydroxylation sites is 1. The van der Waals surface area contributed by atoms with Crippen LogP contribution in [0.25, 0.3) is 0 Å². The number of anilines is 1. The van der Waals surface area contributed by atoms with Crippen molar-refractivity contribution in [3.05, 3.63) is 104 Å². The Hall–Kier alpha value is -3.49. The molecule has 1 spiro atoms. The smallest absolute Gasteiger partial charge is 0.256 e. The first-order valence-electron chi connectivity index (χ1n) is 11.9. The molecule has 0 saturated carbocycles. The Morgan fingerprint density at radius 1 is 1.17 bits per heavy atom. The van der Waals surface area contributed by atoms with E-state index in [1.54, 1.807) is 36.4 Å². The first kappa shape index (κ1) is 22.9. The number of nitro groups is 1. The largest absolute Gasteiger partial charge is 0.487 e. The van der Waals surface area contributed by atoms with Crippen molar-refractivity contribution in [2.45, 2.75) is 43.0 Å². The number of nitrogens with one attached hydrogen (secondary N) is 1. The minimum absolute atomic E-state index is 0.167. The van der Waals surface area contributed by atoms with Crippen LogP contribution in [-0.2, 0) is 16.9 Å². The number of rotatable bonds is 5. The quantitative estimate of drug-likeness (QED) is 0.383. The van der Waals surface area contributed by atoms with Gasteiger partial charge in [-0.3, -0.25) is 19.8 Å². The maximum Gasteiger partial charge on any atom is 0.256 e. The molecule has 3 aromatic carbocycles. The summed E-state index contributed by atoms with van der Waals surface area (Å²) in [5.74, 6) is -0.758. The second-order valence-corrected chi connectivity index (χ2v) is 9.94. The van der Waals surface area contributed by atoms with Gasteiger partial charge in [-0.2, -0.15) is 0 Å². The molecule has 1 N–H and O–H groups in total. The summed E-state index contributed by atoms with van der Waals surface area (Å²) >= 11 is 6.58. The lowest BCUT2D eigenvalue weighted by molar-refractivity contribution is -0.534. The monoisotopic (exact) mass is 507 g/mol. The lowest BCUT2D eigenvalue weighted by Gasteiger charge is -2.32. The van der Waals surface area contributed by atoms with Gasteiger partial charge in [0.05, 0.1) is 10.9 Å². The number of hydrogen-bond acceptors (Lipinski definition) is 5.